The van der Waals surface area contributed by atoms with Crippen molar-refractivity contribution in [3.8, 4) is 11.3 Å². The second-order valence-corrected chi connectivity index (χ2v) is 7.91. The summed E-state index contributed by atoms with van der Waals surface area (Å²) in [5, 5.41) is 1.42. The van der Waals surface area contributed by atoms with Crippen LogP contribution in [-0.2, 0) is 17.9 Å². The maximum Gasteiger partial charge on any atom is 0.297 e. The van der Waals surface area contributed by atoms with Gasteiger partial charge in [0.15, 0.2) is 0 Å². The SMILES string of the molecule is CN(Cc1ccc(-c2ccc(Cl)cc2)o1)C(=O)Cn1cnc2c(oc3ccccc32)c1=O. The van der Waals surface area contributed by atoms with Gasteiger partial charge in [0.1, 0.15) is 29.2 Å². The van der Waals surface area contributed by atoms with Crippen molar-refractivity contribution in [1.82, 2.24) is 14.5 Å². The van der Waals surface area contributed by atoms with E-state index >= 15 is 0 Å². The Kier molecular flexibility index (Phi) is 5.03. The third-order valence-corrected chi connectivity index (χ3v) is 5.52. The van der Waals surface area contributed by atoms with Gasteiger partial charge in [0.2, 0.25) is 11.5 Å². The van der Waals surface area contributed by atoms with E-state index in [-0.39, 0.29) is 24.6 Å². The van der Waals surface area contributed by atoms with E-state index in [9.17, 15) is 9.59 Å². The lowest BCUT2D eigenvalue weighted by Crippen LogP contribution is -2.33. The molecule has 0 saturated heterocycles. The van der Waals surface area contributed by atoms with Crippen molar-refractivity contribution in [2.45, 2.75) is 13.1 Å². The van der Waals surface area contributed by atoms with Crippen molar-refractivity contribution in [1.29, 1.82) is 0 Å². The Morgan fingerprint density at radius 1 is 1.06 bits per heavy atom. The van der Waals surface area contributed by atoms with Gasteiger partial charge in [-0.3, -0.25) is 14.2 Å². The van der Waals surface area contributed by atoms with Crippen LogP contribution in [0.5, 0.6) is 0 Å². The van der Waals surface area contributed by atoms with Gasteiger partial charge in [-0.25, -0.2) is 4.98 Å². The largest absolute Gasteiger partial charge is 0.459 e. The first-order valence-electron chi connectivity index (χ1n) is 9.95. The highest BCUT2D eigenvalue weighted by Crippen LogP contribution is 2.25. The van der Waals surface area contributed by atoms with Gasteiger partial charge in [-0.05, 0) is 48.5 Å². The minimum absolute atomic E-state index is 0.141. The van der Waals surface area contributed by atoms with Crippen molar-refractivity contribution < 1.29 is 13.6 Å². The fraction of sp³-hybridized carbons (Fsp3) is 0.125. The van der Waals surface area contributed by atoms with Gasteiger partial charge in [-0.1, -0.05) is 23.7 Å². The van der Waals surface area contributed by atoms with Crippen LogP contribution < -0.4 is 5.56 Å². The number of para-hydroxylation sites is 1. The van der Waals surface area contributed by atoms with Gasteiger partial charge in [0, 0.05) is 23.0 Å². The van der Waals surface area contributed by atoms with Gasteiger partial charge in [-0.15, -0.1) is 0 Å². The van der Waals surface area contributed by atoms with Crippen LogP contribution in [0.4, 0.5) is 0 Å². The van der Waals surface area contributed by atoms with Crippen molar-refractivity contribution in [3.63, 3.8) is 0 Å². The first-order valence-corrected chi connectivity index (χ1v) is 10.3. The zero-order chi connectivity index (χ0) is 22.2. The standard InChI is InChI=1S/C24H18ClN3O4/c1-27(12-17-10-11-19(31-17)15-6-8-16(25)9-7-15)21(29)13-28-14-26-22-18-4-2-3-5-20(18)32-23(22)24(28)30/h2-11,14H,12-13H2,1H3. The number of amides is 1. The third-order valence-electron chi connectivity index (χ3n) is 5.27. The lowest BCUT2D eigenvalue weighted by molar-refractivity contribution is -0.131. The summed E-state index contributed by atoms with van der Waals surface area (Å²) >= 11 is 5.93. The van der Waals surface area contributed by atoms with E-state index in [1.807, 2.05) is 42.5 Å². The minimum Gasteiger partial charge on any atom is -0.459 e. The number of furan rings is 2. The predicted molar refractivity (Wildman–Crippen MR) is 121 cm³/mol. The van der Waals surface area contributed by atoms with E-state index in [2.05, 4.69) is 4.98 Å². The summed E-state index contributed by atoms with van der Waals surface area (Å²) < 4.78 is 12.8. The topological polar surface area (TPSA) is 81.5 Å². The highest BCUT2D eigenvalue weighted by atomic mass is 35.5. The first-order chi connectivity index (χ1) is 15.5. The molecule has 1 amide bonds. The second-order valence-electron chi connectivity index (χ2n) is 7.48. The van der Waals surface area contributed by atoms with Gasteiger partial charge in [-0.2, -0.15) is 0 Å². The molecule has 0 spiro atoms. The molecule has 0 saturated carbocycles. The van der Waals surface area contributed by atoms with E-state index in [0.29, 0.717) is 27.6 Å². The molecule has 0 aliphatic rings. The molecule has 32 heavy (non-hydrogen) atoms. The average molecular weight is 448 g/mol. The van der Waals surface area contributed by atoms with E-state index < -0.39 is 5.56 Å². The van der Waals surface area contributed by atoms with Crippen molar-refractivity contribution in [3.05, 3.63) is 88.1 Å². The molecule has 0 radical (unpaired) electrons. The average Bonchev–Trinajstić information content (AvgIpc) is 3.41. The van der Waals surface area contributed by atoms with Crippen LogP contribution in [0.2, 0.25) is 5.02 Å². The summed E-state index contributed by atoms with van der Waals surface area (Å²) in [5.41, 5.74) is 1.72. The molecule has 0 atom stereocenters. The zero-order valence-corrected chi connectivity index (χ0v) is 17.9. The molecule has 0 bridgehead atoms. The van der Waals surface area contributed by atoms with Crippen LogP contribution in [-0.4, -0.2) is 27.4 Å². The van der Waals surface area contributed by atoms with Crippen molar-refractivity contribution >= 4 is 39.6 Å². The molecule has 0 N–H and O–H groups in total. The summed E-state index contributed by atoms with van der Waals surface area (Å²) in [4.78, 5) is 31.4. The number of halogens is 1. The van der Waals surface area contributed by atoms with E-state index in [0.717, 1.165) is 10.9 Å². The van der Waals surface area contributed by atoms with E-state index in [1.165, 1.54) is 15.8 Å². The molecule has 3 aromatic heterocycles. The number of benzene rings is 2. The normalized spacial score (nSPS) is 11.3. The van der Waals surface area contributed by atoms with Crippen LogP contribution in [0.1, 0.15) is 5.76 Å². The monoisotopic (exact) mass is 447 g/mol. The van der Waals surface area contributed by atoms with Crippen LogP contribution in [0.3, 0.4) is 0 Å². The Morgan fingerprint density at radius 3 is 2.66 bits per heavy atom. The summed E-state index contributed by atoms with van der Waals surface area (Å²) in [6, 6.07) is 18.3. The highest BCUT2D eigenvalue weighted by molar-refractivity contribution is 6.30. The minimum atomic E-state index is -0.393. The maximum absolute atomic E-state index is 12.8. The van der Waals surface area contributed by atoms with Crippen LogP contribution in [0, 0.1) is 0 Å². The lowest BCUT2D eigenvalue weighted by Gasteiger charge is -2.16. The molecule has 2 aromatic carbocycles. The zero-order valence-electron chi connectivity index (χ0n) is 17.1. The molecule has 160 valence electrons. The van der Waals surface area contributed by atoms with Crippen molar-refractivity contribution in [2.75, 3.05) is 7.05 Å². The fourth-order valence-corrected chi connectivity index (χ4v) is 3.67. The molecule has 0 aliphatic carbocycles. The Bertz CT molecular complexity index is 1500. The van der Waals surface area contributed by atoms with Gasteiger partial charge >= 0.3 is 0 Å². The number of rotatable bonds is 5. The van der Waals surface area contributed by atoms with Crippen LogP contribution in [0.15, 0.2) is 80.6 Å². The molecule has 3 heterocycles. The third kappa shape index (κ3) is 3.67. The summed E-state index contributed by atoms with van der Waals surface area (Å²) in [7, 11) is 1.66. The first kappa shape index (κ1) is 20.1. The Labute approximate surface area is 187 Å². The number of carbonyl (C=O) groups excluding carboxylic acids is 1. The second kappa shape index (κ2) is 8.01. The number of likely N-dealkylation sites (N-methyl/N-ethyl adjacent to an activating group) is 1. The Hall–Kier alpha value is -3.84. The molecular formula is C24H18ClN3O4. The van der Waals surface area contributed by atoms with Gasteiger partial charge in [0.05, 0.1) is 12.9 Å². The Balaban J connectivity index is 1.32. The smallest absolute Gasteiger partial charge is 0.297 e. The summed E-state index contributed by atoms with van der Waals surface area (Å²) in [5.74, 6) is 1.06. The van der Waals surface area contributed by atoms with Crippen molar-refractivity contribution in [2.24, 2.45) is 0 Å². The maximum atomic E-state index is 12.8. The number of carbonyl (C=O) groups is 1. The molecule has 0 aliphatic heterocycles. The lowest BCUT2D eigenvalue weighted by atomic mass is 10.2. The number of fused-ring (bicyclic) bond motifs is 3. The number of nitrogens with zero attached hydrogens (tertiary/aromatic N) is 3. The summed E-state index contributed by atoms with van der Waals surface area (Å²) in [6.07, 6.45) is 1.38. The number of hydrogen-bond acceptors (Lipinski definition) is 5. The molecular weight excluding hydrogens is 430 g/mol. The van der Waals surface area contributed by atoms with Gasteiger partial charge in [0.25, 0.3) is 5.56 Å². The quantitative estimate of drug-likeness (QED) is 0.389. The van der Waals surface area contributed by atoms with Crippen LogP contribution >= 0.6 is 11.6 Å². The number of aromatic nitrogens is 2. The highest BCUT2D eigenvalue weighted by Gasteiger charge is 2.17. The molecule has 8 heteroatoms. The van der Waals surface area contributed by atoms with E-state index in [4.69, 9.17) is 20.4 Å². The van der Waals surface area contributed by atoms with E-state index in [1.54, 1.807) is 25.2 Å². The Morgan fingerprint density at radius 2 is 1.84 bits per heavy atom. The molecule has 0 fully saturated rings. The molecule has 5 rings (SSSR count). The fourth-order valence-electron chi connectivity index (χ4n) is 3.55. The number of hydrogen-bond donors (Lipinski definition) is 0. The predicted octanol–water partition coefficient (Wildman–Crippen LogP) is 4.71. The molecule has 5 aromatic rings. The molecule has 0 unspecified atom stereocenters. The van der Waals surface area contributed by atoms with Crippen LogP contribution in [0.25, 0.3) is 33.4 Å². The molecule has 7 nitrogen and oxygen atoms in total. The van der Waals surface area contributed by atoms with Gasteiger partial charge < -0.3 is 13.7 Å². The summed E-state index contributed by atoms with van der Waals surface area (Å²) in [6.45, 7) is 0.113.